The van der Waals surface area contributed by atoms with E-state index in [9.17, 15) is 18.5 Å². The number of hydrogen-bond donors (Lipinski definition) is 1. The van der Waals surface area contributed by atoms with E-state index >= 15 is 0 Å². The second kappa shape index (κ2) is 8.67. The predicted octanol–water partition coefficient (Wildman–Crippen LogP) is 4.19. The lowest BCUT2D eigenvalue weighted by atomic mass is 9.95. The Morgan fingerprint density at radius 1 is 1.17 bits per heavy atom. The van der Waals surface area contributed by atoms with Crippen molar-refractivity contribution in [2.45, 2.75) is 43.4 Å². The van der Waals surface area contributed by atoms with Crippen molar-refractivity contribution < 1.29 is 13.2 Å². The molecular weight excluding hydrogens is 442 g/mol. The number of carbonyl (C=O) groups excluding carboxylic acids is 1. The summed E-state index contributed by atoms with van der Waals surface area (Å²) in [5.41, 5.74) is 1.69. The lowest BCUT2D eigenvalue weighted by Gasteiger charge is -2.30. The number of fused-ring (bicyclic) bond motifs is 1. The highest BCUT2D eigenvalue weighted by atomic mass is 35.5. The highest BCUT2D eigenvalue weighted by Gasteiger charge is 2.33. The molecule has 2 heterocycles. The number of rotatable bonds is 4. The molecule has 0 radical (unpaired) electrons. The van der Waals surface area contributed by atoms with E-state index in [4.69, 9.17) is 11.6 Å². The largest absolute Gasteiger partial charge is 0.316 e. The molecule has 1 saturated heterocycles. The fourth-order valence-electron chi connectivity index (χ4n) is 4.10. The van der Waals surface area contributed by atoms with Gasteiger partial charge in [0.05, 0.1) is 10.5 Å². The number of nitrogens with one attached hydrogen (secondary N) is 1. The number of amides is 1. The van der Waals surface area contributed by atoms with Crippen LogP contribution >= 0.6 is 22.9 Å². The number of hydrogen-bond acceptors (Lipinski definition) is 5. The summed E-state index contributed by atoms with van der Waals surface area (Å²) in [6.07, 6.45) is 4.95. The molecule has 158 valence electrons. The predicted molar refractivity (Wildman–Crippen MR) is 117 cm³/mol. The van der Waals surface area contributed by atoms with Gasteiger partial charge in [-0.3, -0.25) is 4.79 Å². The Kier molecular flexibility index (Phi) is 6.16. The van der Waals surface area contributed by atoms with E-state index in [2.05, 4.69) is 11.4 Å². The van der Waals surface area contributed by atoms with Crippen LogP contribution in [0.15, 0.2) is 29.2 Å². The van der Waals surface area contributed by atoms with Crippen LogP contribution in [0.5, 0.6) is 0 Å². The van der Waals surface area contributed by atoms with Gasteiger partial charge in [0.1, 0.15) is 11.1 Å². The maximum atomic E-state index is 12.8. The van der Waals surface area contributed by atoms with Gasteiger partial charge in [-0.15, -0.1) is 11.3 Å². The minimum atomic E-state index is -3.60. The van der Waals surface area contributed by atoms with E-state index in [1.807, 2.05) is 0 Å². The van der Waals surface area contributed by atoms with Crippen molar-refractivity contribution in [3.05, 3.63) is 45.3 Å². The average molecular weight is 464 g/mol. The molecule has 1 N–H and O–H groups in total. The number of anilines is 1. The van der Waals surface area contributed by atoms with E-state index in [0.717, 1.165) is 31.2 Å². The van der Waals surface area contributed by atoms with Crippen molar-refractivity contribution in [1.29, 1.82) is 5.26 Å². The maximum absolute atomic E-state index is 12.8. The zero-order valence-corrected chi connectivity index (χ0v) is 18.7. The van der Waals surface area contributed by atoms with Gasteiger partial charge in [0.2, 0.25) is 15.9 Å². The summed E-state index contributed by atoms with van der Waals surface area (Å²) in [7, 11) is -3.60. The van der Waals surface area contributed by atoms with Crippen LogP contribution < -0.4 is 5.32 Å². The second-order valence-electron chi connectivity index (χ2n) is 7.65. The van der Waals surface area contributed by atoms with Gasteiger partial charge in [-0.1, -0.05) is 11.6 Å². The fraction of sp³-hybridized carbons (Fsp3) is 0.429. The van der Waals surface area contributed by atoms with E-state index in [0.29, 0.717) is 28.4 Å². The van der Waals surface area contributed by atoms with Crippen molar-refractivity contribution in [3.8, 4) is 6.07 Å². The van der Waals surface area contributed by atoms with Crippen molar-refractivity contribution in [3.63, 3.8) is 0 Å². The number of benzene rings is 1. The summed E-state index contributed by atoms with van der Waals surface area (Å²) in [5.74, 6) is -0.402. The van der Waals surface area contributed by atoms with Gasteiger partial charge in [0.15, 0.2) is 0 Å². The molecule has 9 heteroatoms. The lowest BCUT2D eigenvalue weighted by molar-refractivity contribution is -0.120. The smallest absolute Gasteiger partial charge is 0.243 e. The first-order chi connectivity index (χ1) is 14.4. The van der Waals surface area contributed by atoms with E-state index < -0.39 is 10.0 Å². The van der Waals surface area contributed by atoms with Gasteiger partial charge in [0.25, 0.3) is 0 Å². The molecule has 1 aromatic carbocycles. The lowest BCUT2D eigenvalue weighted by Crippen LogP contribution is -2.41. The van der Waals surface area contributed by atoms with Crippen molar-refractivity contribution in [2.24, 2.45) is 5.92 Å². The van der Waals surface area contributed by atoms with Crippen LogP contribution in [-0.4, -0.2) is 31.7 Å². The summed E-state index contributed by atoms with van der Waals surface area (Å²) in [6.45, 7) is 0.574. The molecule has 0 bridgehead atoms. The van der Waals surface area contributed by atoms with Crippen LogP contribution in [0.25, 0.3) is 0 Å². The van der Waals surface area contributed by atoms with Crippen molar-refractivity contribution >= 4 is 43.9 Å². The number of thiophene rings is 1. The Bertz CT molecular complexity index is 1100. The molecule has 0 saturated carbocycles. The number of nitriles is 1. The summed E-state index contributed by atoms with van der Waals surface area (Å²) in [6, 6.07) is 8.37. The Labute approximate surface area is 185 Å². The molecule has 2 aromatic rings. The molecule has 0 spiro atoms. The van der Waals surface area contributed by atoms with Crippen LogP contribution in [0.1, 0.15) is 41.7 Å². The molecular formula is C21H22ClN3O3S2. The van der Waals surface area contributed by atoms with Crippen LogP contribution in [0, 0.1) is 17.2 Å². The Hall–Kier alpha value is -1.92. The van der Waals surface area contributed by atoms with Crippen LogP contribution in [0.3, 0.4) is 0 Å². The van der Waals surface area contributed by atoms with Crippen LogP contribution in [0.4, 0.5) is 5.00 Å². The topological polar surface area (TPSA) is 90.3 Å². The average Bonchev–Trinajstić information content (AvgIpc) is 3.11. The highest BCUT2D eigenvalue weighted by molar-refractivity contribution is 7.89. The summed E-state index contributed by atoms with van der Waals surface area (Å²) < 4.78 is 27.0. The third-order valence-electron chi connectivity index (χ3n) is 5.80. The van der Waals surface area contributed by atoms with Gasteiger partial charge in [-0.25, -0.2) is 8.42 Å². The van der Waals surface area contributed by atoms with Gasteiger partial charge in [-0.2, -0.15) is 9.57 Å². The molecule has 1 amide bonds. The Balaban J connectivity index is 1.41. The number of carbonyl (C=O) groups is 1. The first kappa shape index (κ1) is 21.3. The number of piperidine rings is 1. The molecule has 0 atom stereocenters. The number of nitrogens with zero attached hydrogens (tertiary/aromatic N) is 2. The zero-order chi connectivity index (χ0) is 21.3. The molecule has 2 aliphatic rings. The van der Waals surface area contributed by atoms with Crippen LogP contribution in [-0.2, 0) is 27.7 Å². The van der Waals surface area contributed by atoms with Crippen molar-refractivity contribution in [2.75, 3.05) is 18.4 Å². The first-order valence-corrected chi connectivity index (χ1v) is 12.6. The third-order valence-corrected chi connectivity index (χ3v) is 9.17. The second-order valence-corrected chi connectivity index (χ2v) is 11.1. The monoisotopic (exact) mass is 463 g/mol. The third kappa shape index (κ3) is 4.12. The summed E-state index contributed by atoms with van der Waals surface area (Å²) >= 11 is 7.36. The van der Waals surface area contributed by atoms with E-state index in [1.165, 1.54) is 32.7 Å². The minimum absolute atomic E-state index is 0.131. The Morgan fingerprint density at radius 2 is 1.83 bits per heavy atom. The molecule has 0 unspecified atom stereocenters. The number of aryl methyl sites for hydroxylation is 1. The number of halogens is 1. The minimum Gasteiger partial charge on any atom is -0.316 e. The van der Waals surface area contributed by atoms with Crippen molar-refractivity contribution in [1.82, 2.24) is 4.31 Å². The SMILES string of the molecule is N#Cc1c(NC(=O)C2CCN(S(=O)(=O)c3ccc(Cl)cc3)CC2)sc2c1CCCC2. The fourth-order valence-corrected chi connectivity index (χ4v) is 6.94. The van der Waals surface area contributed by atoms with E-state index in [1.54, 1.807) is 12.1 Å². The number of sulfonamides is 1. The summed E-state index contributed by atoms with van der Waals surface area (Å²) in [5, 5.41) is 13.6. The molecule has 1 aliphatic heterocycles. The highest BCUT2D eigenvalue weighted by Crippen LogP contribution is 2.38. The van der Waals surface area contributed by atoms with E-state index in [-0.39, 0.29) is 29.8 Å². The zero-order valence-electron chi connectivity index (χ0n) is 16.4. The first-order valence-electron chi connectivity index (χ1n) is 10.0. The van der Waals surface area contributed by atoms with Gasteiger partial charge in [-0.05, 0) is 68.4 Å². The Morgan fingerprint density at radius 3 is 2.50 bits per heavy atom. The standard InChI is InChI=1S/C21H22ClN3O3S2/c22-15-5-7-16(8-6-15)30(27,28)25-11-9-14(10-12-25)20(26)24-21-18(13-23)17-3-1-2-4-19(17)29-21/h5-8,14H,1-4,9-12H2,(H,24,26). The van der Waals surface area contributed by atoms with Gasteiger partial charge >= 0.3 is 0 Å². The molecule has 30 heavy (non-hydrogen) atoms. The van der Waals surface area contributed by atoms with Gasteiger partial charge < -0.3 is 5.32 Å². The quantitative estimate of drug-likeness (QED) is 0.735. The normalized spacial score (nSPS) is 17.9. The molecule has 1 aliphatic carbocycles. The molecule has 1 fully saturated rings. The molecule has 6 nitrogen and oxygen atoms in total. The maximum Gasteiger partial charge on any atom is 0.243 e. The molecule has 1 aromatic heterocycles. The van der Waals surface area contributed by atoms with Gasteiger partial charge in [0, 0.05) is 28.9 Å². The summed E-state index contributed by atoms with van der Waals surface area (Å²) in [4.78, 5) is 14.2. The van der Waals surface area contributed by atoms with Crippen LogP contribution in [0.2, 0.25) is 5.02 Å². The molecule has 4 rings (SSSR count).